The fourth-order valence-corrected chi connectivity index (χ4v) is 4.04. The summed E-state index contributed by atoms with van der Waals surface area (Å²) >= 11 is 0. The van der Waals surface area contributed by atoms with Crippen molar-refractivity contribution in [1.82, 2.24) is 9.80 Å². The number of carboxylic acid groups (broad SMARTS) is 1. The lowest BCUT2D eigenvalue weighted by Gasteiger charge is -2.39. The van der Waals surface area contributed by atoms with Crippen LogP contribution in [0.3, 0.4) is 0 Å². The molecule has 2 heterocycles. The van der Waals surface area contributed by atoms with Crippen molar-refractivity contribution in [3.8, 4) is 11.1 Å². The highest BCUT2D eigenvalue weighted by atomic mass is 16.4. The van der Waals surface area contributed by atoms with Crippen LogP contribution >= 0.6 is 0 Å². The van der Waals surface area contributed by atoms with Crippen LogP contribution in [-0.2, 0) is 14.4 Å². The number of fused-ring (bicyclic) bond motifs is 2. The number of carboxylic acids is 1. The fraction of sp³-hybridized carbons (Fsp3) is 0.304. The van der Waals surface area contributed by atoms with E-state index < -0.39 is 12.0 Å². The molecule has 160 valence electrons. The van der Waals surface area contributed by atoms with E-state index in [1.165, 1.54) is 4.90 Å². The van der Waals surface area contributed by atoms with Crippen molar-refractivity contribution in [2.45, 2.75) is 25.3 Å². The van der Waals surface area contributed by atoms with E-state index in [1.54, 1.807) is 17.0 Å². The average Bonchev–Trinajstić information content (AvgIpc) is 2.88. The minimum atomic E-state index is -0.945. The maximum atomic E-state index is 13.3. The van der Waals surface area contributed by atoms with Gasteiger partial charge in [-0.05, 0) is 29.7 Å². The van der Waals surface area contributed by atoms with Crippen molar-refractivity contribution in [3.05, 3.63) is 54.1 Å². The molecule has 1 saturated heterocycles. The van der Waals surface area contributed by atoms with E-state index in [1.807, 2.05) is 36.4 Å². The topological polar surface area (TPSA) is 107 Å². The molecule has 8 heteroatoms. The normalized spacial score (nSPS) is 18.0. The molecule has 2 N–H and O–H groups in total. The van der Waals surface area contributed by atoms with Crippen LogP contribution in [0.5, 0.6) is 0 Å². The van der Waals surface area contributed by atoms with Gasteiger partial charge in [-0.3, -0.25) is 19.2 Å². The van der Waals surface area contributed by atoms with E-state index in [4.69, 9.17) is 5.11 Å². The van der Waals surface area contributed by atoms with Crippen molar-refractivity contribution in [2.24, 2.45) is 0 Å². The minimum Gasteiger partial charge on any atom is -0.481 e. The van der Waals surface area contributed by atoms with Gasteiger partial charge in [-0.2, -0.15) is 0 Å². The molecule has 3 amide bonds. The van der Waals surface area contributed by atoms with Gasteiger partial charge in [-0.25, -0.2) is 0 Å². The van der Waals surface area contributed by atoms with E-state index in [9.17, 15) is 19.2 Å². The van der Waals surface area contributed by atoms with Gasteiger partial charge in [0.1, 0.15) is 6.04 Å². The quantitative estimate of drug-likeness (QED) is 0.770. The zero-order valence-corrected chi connectivity index (χ0v) is 16.9. The second kappa shape index (κ2) is 8.59. The first-order valence-corrected chi connectivity index (χ1v) is 10.2. The van der Waals surface area contributed by atoms with Crippen LogP contribution in [0.25, 0.3) is 11.1 Å². The van der Waals surface area contributed by atoms with Crippen LogP contribution in [0.2, 0.25) is 0 Å². The highest BCUT2D eigenvalue weighted by Crippen LogP contribution is 2.30. The molecule has 2 aromatic carbocycles. The number of anilines is 1. The van der Waals surface area contributed by atoms with E-state index >= 15 is 0 Å². The maximum absolute atomic E-state index is 13.3. The molecular formula is C23H23N3O5. The number of hydrogen-bond acceptors (Lipinski definition) is 4. The molecule has 4 rings (SSSR count). The Kier molecular flexibility index (Phi) is 5.70. The second-order valence-electron chi connectivity index (χ2n) is 7.72. The number of carbonyl (C=O) groups excluding carboxylic acids is 3. The molecule has 0 radical (unpaired) electrons. The summed E-state index contributed by atoms with van der Waals surface area (Å²) in [5, 5.41) is 11.6. The van der Waals surface area contributed by atoms with Crippen molar-refractivity contribution < 1.29 is 24.3 Å². The standard InChI is InChI=1S/C23H23N3O5/c27-20(7-4-8-21(28)29)25-11-12-26-19(14-25)22(30)24-18-10-9-16(13-17(18)23(26)31)15-5-2-1-3-6-15/h1-3,5-6,9-10,13,19H,4,7-8,11-12,14H2,(H,24,30)(H,28,29)/t19-/m0/s1. The second-order valence-corrected chi connectivity index (χ2v) is 7.72. The first-order chi connectivity index (χ1) is 14.9. The van der Waals surface area contributed by atoms with Gasteiger partial charge in [-0.1, -0.05) is 36.4 Å². The molecule has 1 fully saturated rings. The lowest BCUT2D eigenvalue weighted by molar-refractivity contribution is -0.137. The third kappa shape index (κ3) is 4.28. The fourth-order valence-electron chi connectivity index (χ4n) is 4.04. The first kappa shape index (κ1) is 20.6. The molecule has 0 saturated carbocycles. The Morgan fingerprint density at radius 1 is 1.00 bits per heavy atom. The minimum absolute atomic E-state index is 0.0762. The summed E-state index contributed by atoms with van der Waals surface area (Å²) in [5.74, 6) is -1.72. The summed E-state index contributed by atoms with van der Waals surface area (Å²) in [6, 6.07) is 14.3. The number of nitrogens with one attached hydrogen (secondary N) is 1. The lowest BCUT2D eigenvalue weighted by Crippen LogP contribution is -2.59. The number of benzene rings is 2. The van der Waals surface area contributed by atoms with Crippen molar-refractivity contribution in [2.75, 3.05) is 25.0 Å². The summed E-state index contributed by atoms with van der Waals surface area (Å²) in [7, 11) is 0. The maximum Gasteiger partial charge on any atom is 0.303 e. The monoisotopic (exact) mass is 421 g/mol. The molecule has 2 aromatic rings. The third-order valence-corrected chi connectivity index (χ3v) is 5.69. The zero-order chi connectivity index (χ0) is 22.0. The average molecular weight is 421 g/mol. The predicted molar refractivity (Wildman–Crippen MR) is 113 cm³/mol. The molecule has 2 aliphatic heterocycles. The number of rotatable bonds is 5. The molecule has 1 atom stereocenters. The van der Waals surface area contributed by atoms with Gasteiger partial charge < -0.3 is 20.2 Å². The number of hydrogen-bond donors (Lipinski definition) is 2. The third-order valence-electron chi connectivity index (χ3n) is 5.69. The molecule has 0 unspecified atom stereocenters. The number of piperazine rings is 1. The lowest BCUT2D eigenvalue weighted by atomic mass is 10.0. The zero-order valence-electron chi connectivity index (χ0n) is 16.9. The van der Waals surface area contributed by atoms with Crippen molar-refractivity contribution >= 4 is 29.4 Å². The molecule has 2 aliphatic rings. The van der Waals surface area contributed by atoms with Crippen LogP contribution in [0.15, 0.2) is 48.5 Å². The van der Waals surface area contributed by atoms with Crippen molar-refractivity contribution in [3.63, 3.8) is 0 Å². The number of carbonyl (C=O) groups is 4. The number of nitrogens with zero attached hydrogens (tertiary/aromatic N) is 2. The number of aliphatic carboxylic acids is 1. The Balaban J connectivity index is 1.53. The van der Waals surface area contributed by atoms with E-state index in [0.29, 0.717) is 17.8 Å². The van der Waals surface area contributed by atoms with Crippen LogP contribution in [0.4, 0.5) is 5.69 Å². The summed E-state index contributed by atoms with van der Waals surface area (Å²) in [5.41, 5.74) is 2.75. The van der Waals surface area contributed by atoms with Crippen molar-refractivity contribution in [1.29, 1.82) is 0 Å². The Labute approximate surface area is 179 Å². The van der Waals surface area contributed by atoms with E-state index in [-0.39, 0.29) is 50.1 Å². The molecule has 0 spiro atoms. The smallest absolute Gasteiger partial charge is 0.303 e. The Hall–Kier alpha value is -3.68. The molecule has 31 heavy (non-hydrogen) atoms. The Morgan fingerprint density at radius 2 is 1.77 bits per heavy atom. The summed E-state index contributed by atoms with van der Waals surface area (Å²) in [4.78, 5) is 52.3. The largest absolute Gasteiger partial charge is 0.481 e. The molecule has 0 aliphatic carbocycles. The van der Waals surface area contributed by atoms with Gasteiger partial charge >= 0.3 is 5.97 Å². The van der Waals surface area contributed by atoms with E-state index in [2.05, 4.69) is 5.32 Å². The highest BCUT2D eigenvalue weighted by molar-refractivity contribution is 6.10. The van der Waals surface area contributed by atoms with Gasteiger partial charge in [-0.15, -0.1) is 0 Å². The van der Waals surface area contributed by atoms with Gasteiger partial charge in [0.25, 0.3) is 5.91 Å². The Bertz CT molecular complexity index is 1040. The van der Waals surface area contributed by atoms with Crippen LogP contribution in [0, 0.1) is 0 Å². The molecule has 8 nitrogen and oxygen atoms in total. The van der Waals surface area contributed by atoms with E-state index in [0.717, 1.165) is 11.1 Å². The van der Waals surface area contributed by atoms with Gasteiger partial charge in [0.15, 0.2) is 0 Å². The SMILES string of the molecule is O=C(O)CCCC(=O)N1CCN2C(=O)c3cc(-c4ccccc4)ccc3NC(=O)[C@@H]2C1. The van der Waals surface area contributed by atoms with Crippen LogP contribution < -0.4 is 5.32 Å². The van der Waals surface area contributed by atoms with Crippen LogP contribution in [-0.4, -0.2) is 64.3 Å². The summed E-state index contributed by atoms with van der Waals surface area (Å²) in [6.07, 6.45) is 0.278. The summed E-state index contributed by atoms with van der Waals surface area (Å²) < 4.78 is 0. The van der Waals surface area contributed by atoms with Crippen LogP contribution in [0.1, 0.15) is 29.6 Å². The van der Waals surface area contributed by atoms with Gasteiger partial charge in [0.2, 0.25) is 11.8 Å². The predicted octanol–water partition coefficient (Wildman–Crippen LogP) is 2.21. The highest BCUT2D eigenvalue weighted by Gasteiger charge is 2.40. The summed E-state index contributed by atoms with van der Waals surface area (Å²) in [6.45, 7) is 0.661. The number of amides is 3. The van der Waals surface area contributed by atoms with Gasteiger partial charge in [0, 0.05) is 25.9 Å². The Morgan fingerprint density at radius 3 is 2.52 bits per heavy atom. The molecule has 0 aromatic heterocycles. The molecular weight excluding hydrogens is 398 g/mol. The first-order valence-electron chi connectivity index (χ1n) is 10.2. The van der Waals surface area contributed by atoms with Gasteiger partial charge in [0.05, 0.1) is 17.8 Å². The molecule has 0 bridgehead atoms.